The fraction of sp³-hybridized carbons (Fsp3) is 0.200. The van der Waals surface area contributed by atoms with E-state index in [9.17, 15) is 8.78 Å². The summed E-state index contributed by atoms with van der Waals surface area (Å²) in [6, 6.07) is 2.31. The molecule has 2 rings (SSSR count). The maximum atomic E-state index is 13.3. The molecule has 0 aliphatic carbocycles. The largest absolute Gasteiger partial charge is 0.338 e. The van der Waals surface area contributed by atoms with Gasteiger partial charge in [-0.25, -0.2) is 8.78 Å². The number of hydrogen-bond acceptors (Lipinski definition) is 4. The molecule has 84 valence electrons. The van der Waals surface area contributed by atoms with Gasteiger partial charge in [0.05, 0.1) is 6.54 Å². The molecule has 1 aromatic carbocycles. The smallest absolute Gasteiger partial charge is 0.240 e. The van der Waals surface area contributed by atoms with Crippen LogP contribution in [0.2, 0.25) is 0 Å². The molecule has 0 radical (unpaired) electrons. The van der Waals surface area contributed by atoms with Crippen LogP contribution in [-0.2, 0) is 6.54 Å². The van der Waals surface area contributed by atoms with E-state index in [1.807, 2.05) is 0 Å². The third kappa shape index (κ3) is 1.79. The molecule has 6 heteroatoms. The van der Waals surface area contributed by atoms with Gasteiger partial charge >= 0.3 is 0 Å². The van der Waals surface area contributed by atoms with E-state index in [0.29, 0.717) is 0 Å². The molecule has 0 fully saturated rings. The molecule has 0 aliphatic rings. The average Bonchev–Trinajstić information content (AvgIpc) is 2.73. The molecule has 0 saturated carbocycles. The first-order valence-electron chi connectivity index (χ1n) is 4.60. The summed E-state index contributed by atoms with van der Waals surface area (Å²) in [5.41, 5.74) is 5.47. The highest BCUT2D eigenvalue weighted by atomic mass is 19.1. The Morgan fingerprint density at radius 1 is 1.31 bits per heavy atom. The van der Waals surface area contributed by atoms with Crippen LogP contribution in [0.3, 0.4) is 0 Å². The second-order valence-corrected chi connectivity index (χ2v) is 3.28. The van der Waals surface area contributed by atoms with Crippen molar-refractivity contribution in [3.8, 4) is 11.4 Å². The Labute approximate surface area is 90.1 Å². The van der Waals surface area contributed by atoms with E-state index in [2.05, 4.69) is 10.1 Å². The van der Waals surface area contributed by atoms with Crippen molar-refractivity contribution in [2.24, 2.45) is 5.73 Å². The van der Waals surface area contributed by atoms with Crippen LogP contribution in [0.5, 0.6) is 0 Å². The van der Waals surface area contributed by atoms with Crippen molar-refractivity contribution in [1.29, 1.82) is 0 Å². The van der Waals surface area contributed by atoms with Crippen LogP contribution in [0.1, 0.15) is 11.5 Å². The first-order chi connectivity index (χ1) is 7.61. The van der Waals surface area contributed by atoms with Crippen molar-refractivity contribution in [3.05, 3.63) is 35.2 Å². The molecule has 0 bridgehead atoms. The van der Waals surface area contributed by atoms with Gasteiger partial charge in [0.15, 0.2) is 0 Å². The van der Waals surface area contributed by atoms with Gasteiger partial charge in [0, 0.05) is 11.1 Å². The number of nitrogens with zero attached hydrogens (tertiary/aromatic N) is 2. The van der Waals surface area contributed by atoms with E-state index < -0.39 is 11.6 Å². The van der Waals surface area contributed by atoms with Gasteiger partial charge in [0.2, 0.25) is 11.7 Å². The van der Waals surface area contributed by atoms with Crippen molar-refractivity contribution in [3.63, 3.8) is 0 Å². The van der Waals surface area contributed by atoms with Gasteiger partial charge in [-0.3, -0.25) is 0 Å². The van der Waals surface area contributed by atoms with Gasteiger partial charge in [-0.1, -0.05) is 5.16 Å². The van der Waals surface area contributed by atoms with Gasteiger partial charge in [-0.2, -0.15) is 4.98 Å². The van der Waals surface area contributed by atoms with E-state index in [0.717, 1.165) is 12.1 Å². The number of benzene rings is 1. The molecule has 0 amide bonds. The van der Waals surface area contributed by atoms with E-state index in [-0.39, 0.29) is 29.4 Å². The summed E-state index contributed by atoms with van der Waals surface area (Å²) in [4.78, 5) is 3.87. The normalized spacial score (nSPS) is 10.8. The molecule has 2 N–H and O–H groups in total. The molecule has 4 nitrogen and oxygen atoms in total. The second kappa shape index (κ2) is 3.97. The monoisotopic (exact) mass is 225 g/mol. The summed E-state index contributed by atoms with van der Waals surface area (Å²) in [6.45, 7) is 1.44. The average molecular weight is 225 g/mol. The summed E-state index contributed by atoms with van der Waals surface area (Å²) >= 11 is 0. The Kier molecular flexibility index (Phi) is 2.66. The number of hydrogen-bond donors (Lipinski definition) is 1. The van der Waals surface area contributed by atoms with Crippen molar-refractivity contribution >= 4 is 0 Å². The quantitative estimate of drug-likeness (QED) is 0.846. The number of aromatic nitrogens is 2. The molecular weight excluding hydrogens is 216 g/mol. The predicted molar refractivity (Wildman–Crippen MR) is 52.3 cm³/mol. The minimum absolute atomic E-state index is 0.0358. The first-order valence-corrected chi connectivity index (χ1v) is 4.60. The maximum absolute atomic E-state index is 13.3. The van der Waals surface area contributed by atoms with Gasteiger partial charge < -0.3 is 10.3 Å². The zero-order valence-electron chi connectivity index (χ0n) is 8.50. The highest BCUT2D eigenvalue weighted by Gasteiger charge is 2.12. The van der Waals surface area contributed by atoms with E-state index in [1.165, 1.54) is 6.92 Å². The summed E-state index contributed by atoms with van der Waals surface area (Å²) in [5, 5.41) is 3.57. The Balaban J connectivity index is 2.48. The molecule has 0 aliphatic heterocycles. The number of rotatable bonds is 2. The van der Waals surface area contributed by atoms with Crippen LogP contribution >= 0.6 is 0 Å². The maximum Gasteiger partial charge on any atom is 0.240 e. The Bertz CT molecular complexity index is 502. The summed E-state index contributed by atoms with van der Waals surface area (Å²) in [6.07, 6.45) is 0. The zero-order valence-corrected chi connectivity index (χ0v) is 8.50. The third-order valence-corrected chi connectivity index (χ3v) is 2.18. The molecule has 16 heavy (non-hydrogen) atoms. The molecular formula is C10H9F2N3O. The van der Waals surface area contributed by atoms with Gasteiger partial charge in [-0.15, -0.1) is 0 Å². The van der Waals surface area contributed by atoms with Crippen LogP contribution in [0.4, 0.5) is 8.78 Å². The lowest BCUT2D eigenvalue weighted by molar-refractivity contribution is 0.380. The van der Waals surface area contributed by atoms with Gasteiger partial charge in [0.25, 0.3) is 0 Å². The van der Waals surface area contributed by atoms with Crippen LogP contribution in [0.15, 0.2) is 16.7 Å². The SMILES string of the molecule is Cc1c(F)cc(-c2noc(CN)n2)cc1F. The third-order valence-electron chi connectivity index (χ3n) is 2.18. The minimum atomic E-state index is -0.644. The highest BCUT2D eigenvalue weighted by Crippen LogP contribution is 2.21. The van der Waals surface area contributed by atoms with Crippen LogP contribution in [-0.4, -0.2) is 10.1 Å². The molecule has 0 unspecified atom stereocenters. The molecule has 1 aromatic heterocycles. The molecule has 0 spiro atoms. The topological polar surface area (TPSA) is 64.9 Å². The lowest BCUT2D eigenvalue weighted by Gasteiger charge is -2.00. The van der Waals surface area contributed by atoms with Crippen LogP contribution in [0.25, 0.3) is 11.4 Å². The molecule has 0 saturated heterocycles. The summed E-state index contributed by atoms with van der Waals surface area (Å²) in [5.74, 6) is -0.946. The van der Waals surface area contributed by atoms with E-state index >= 15 is 0 Å². The Hall–Kier alpha value is -1.82. The molecule has 0 atom stereocenters. The summed E-state index contributed by atoms with van der Waals surface area (Å²) < 4.78 is 31.3. The van der Waals surface area contributed by atoms with Crippen molar-refractivity contribution in [2.75, 3.05) is 0 Å². The predicted octanol–water partition coefficient (Wildman–Crippen LogP) is 1.78. The Morgan fingerprint density at radius 2 is 1.94 bits per heavy atom. The second-order valence-electron chi connectivity index (χ2n) is 3.28. The lowest BCUT2D eigenvalue weighted by Crippen LogP contribution is -1.96. The summed E-state index contributed by atoms with van der Waals surface area (Å²) in [7, 11) is 0. The van der Waals surface area contributed by atoms with Gasteiger partial charge in [-0.05, 0) is 19.1 Å². The van der Waals surface area contributed by atoms with Crippen LogP contribution in [0, 0.1) is 18.6 Å². The van der Waals surface area contributed by atoms with Crippen molar-refractivity contribution in [2.45, 2.75) is 13.5 Å². The minimum Gasteiger partial charge on any atom is -0.338 e. The first kappa shape index (κ1) is 10.7. The fourth-order valence-corrected chi connectivity index (χ4v) is 1.23. The van der Waals surface area contributed by atoms with Crippen LogP contribution < -0.4 is 5.73 Å². The standard InChI is InChI=1S/C10H9F2N3O/c1-5-7(11)2-6(3-8(5)12)10-14-9(4-13)16-15-10/h2-3H,4,13H2,1H3. The highest BCUT2D eigenvalue weighted by molar-refractivity contribution is 5.55. The lowest BCUT2D eigenvalue weighted by atomic mass is 10.1. The molecule has 2 aromatic rings. The van der Waals surface area contributed by atoms with Gasteiger partial charge in [0.1, 0.15) is 11.6 Å². The fourth-order valence-electron chi connectivity index (χ4n) is 1.23. The number of nitrogens with two attached hydrogens (primary N) is 1. The zero-order chi connectivity index (χ0) is 11.7. The number of halogens is 2. The van der Waals surface area contributed by atoms with E-state index in [1.54, 1.807) is 0 Å². The Morgan fingerprint density at radius 3 is 2.44 bits per heavy atom. The van der Waals surface area contributed by atoms with Crippen molar-refractivity contribution < 1.29 is 13.3 Å². The molecule has 1 heterocycles. The van der Waals surface area contributed by atoms with E-state index in [4.69, 9.17) is 10.3 Å². The van der Waals surface area contributed by atoms with Crippen molar-refractivity contribution in [1.82, 2.24) is 10.1 Å².